The molecule has 0 bridgehead atoms. The van der Waals surface area contributed by atoms with Crippen molar-refractivity contribution in [1.82, 2.24) is 24.9 Å². The number of thioether (sulfide) groups is 1. The van der Waals surface area contributed by atoms with Gasteiger partial charge in [0.2, 0.25) is 11.7 Å². The lowest BCUT2D eigenvalue weighted by molar-refractivity contribution is 0.391. The second-order valence-corrected chi connectivity index (χ2v) is 6.53. The fourth-order valence-electron chi connectivity index (χ4n) is 2.63. The summed E-state index contributed by atoms with van der Waals surface area (Å²) in [4.78, 5) is 4.46. The zero-order chi connectivity index (χ0) is 17.8. The van der Waals surface area contributed by atoms with Crippen molar-refractivity contribution in [2.24, 2.45) is 0 Å². The zero-order valence-corrected chi connectivity index (χ0v) is 15.1. The van der Waals surface area contributed by atoms with Crippen molar-refractivity contribution < 1.29 is 4.52 Å². The van der Waals surface area contributed by atoms with Gasteiger partial charge in [-0.15, -0.1) is 10.2 Å². The van der Waals surface area contributed by atoms with Gasteiger partial charge in [-0.1, -0.05) is 77.6 Å². The number of nitrogens with zero attached hydrogens (tertiary/aromatic N) is 5. The quantitative estimate of drug-likeness (QED) is 0.476. The molecule has 0 spiro atoms. The maximum absolute atomic E-state index is 5.37. The molecule has 2 aromatic carbocycles. The van der Waals surface area contributed by atoms with Crippen LogP contribution in [0.5, 0.6) is 0 Å². The van der Waals surface area contributed by atoms with Crippen LogP contribution < -0.4 is 0 Å². The lowest BCUT2D eigenvalue weighted by atomic mass is 10.2. The predicted molar refractivity (Wildman–Crippen MR) is 100 cm³/mol. The van der Waals surface area contributed by atoms with Crippen molar-refractivity contribution in [1.29, 1.82) is 0 Å². The molecule has 6 nitrogen and oxygen atoms in total. The third-order valence-electron chi connectivity index (χ3n) is 3.89. The monoisotopic (exact) mass is 363 g/mol. The molecule has 2 aromatic heterocycles. The van der Waals surface area contributed by atoms with Gasteiger partial charge in [-0.3, -0.25) is 0 Å². The van der Waals surface area contributed by atoms with Gasteiger partial charge >= 0.3 is 0 Å². The van der Waals surface area contributed by atoms with Crippen LogP contribution in [-0.2, 0) is 12.3 Å². The highest BCUT2D eigenvalue weighted by Gasteiger charge is 2.15. The highest BCUT2D eigenvalue weighted by molar-refractivity contribution is 7.98. The van der Waals surface area contributed by atoms with Crippen LogP contribution in [0.25, 0.3) is 22.8 Å². The first-order chi connectivity index (χ1) is 12.8. The Morgan fingerprint density at radius 2 is 1.62 bits per heavy atom. The van der Waals surface area contributed by atoms with E-state index in [0.29, 0.717) is 17.5 Å². The zero-order valence-electron chi connectivity index (χ0n) is 14.2. The van der Waals surface area contributed by atoms with Crippen LogP contribution in [0.3, 0.4) is 0 Å². The van der Waals surface area contributed by atoms with E-state index in [1.165, 1.54) is 0 Å². The first-order valence-electron chi connectivity index (χ1n) is 8.34. The van der Waals surface area contributed by atoms with Crippen molar-refractivity contribution in [3.63, 3.8) is 0 Å². The van der Waals surface area contributed by atoms with Crippen LogP contribution in [0.2, 0.25) is 0 Å². The normalized spacial score (nSPS) is 11.0. The Kier molecular flexibility index (Phi) is 4.79. The van der Waals surface area contributed by atoms with Gasteiger partial charge in [-0.25, -0.2) is 0 Å². The van der Waals surface area contributed by atoms with Crippen molar-refractivity contribution in [3.8, 4) is 22.8 Å². The van der Waals surface area contributed by atoms with E-state index in [1.807, 2.05) is 60.7 Å². The molecule has 0 aliphatic heterocycles. The maximum Gasteiger partial charge on any atom is 0.237 e. The molecule has 26 heavy (non-hydrogen) atoms. The fraction of sp³-hybridized carbons (Fsp3) is 0.158. The van der Waals surface area contributed by atoms with Gasteiger partial charge in [0.05, 0.1) is 5.75 Å². The third-order valence-corrected chi connectivity index (χ3v) is 4.84. The van der Waals surface area contributed by atoms with Gasteiger partial charge in [0, 0.05) is 17.7 Å². The molecule has 0 aliphatic rings. The number of benzene rings is 2. The molecule has 4 rings (SSSR count). The summed E-state index contributed by atoms with van der Waals surface area (Å²) in [7, 11) is 0. The van der Waals surface area contributed by atoms with Gasteiger partial charge in [-0.2, -0.15) is 4.98 Å². The number of hydrogen-bond acceptors (Lipinski definition) is 6. The average molecular weight is 363 g/mol. The van der Waals surface area contributed by atoms with Crippen LogP contribution in [0.1, 0.15) is 12.8 Å². The summed E-state index contributed by atoms with van der Waals surface area (Å²) in [6.07, 6.45) is 0. The summed E-state index contributed by atoms with van der Waals surface area (Å²) in [5.74, 6) is 2.59. The standard InChI is InChI=1S/C19H17N5OS/c1-2-24-18(15-11-7-4-8-12-15)21-22-19(24)26-13-16-20-17(23-25-16)14-9-5-3-6-10-14/h3-12H,2,13H2,1H3. The molecule has 0 fully saturated rings. The van der Waals surface area contributed by atoms with Crippen molar-refractivity contribution >= 4 is 11.8 Å². The summed E-state index contributed by atoms with van der Waals surface area (Å²) in [6.45, 7) is 2.87. The fourth-order valence-corrected chi connectivity index (χ4v) is 3.47. The molecular formula is C19H17N5OS. The number of aromatic nitrogens is 5. The van der Waals surface area contributed by atoms with Crippen LogP contribution in [-0.4, -0.2) is 24.9 Å². The average Bonchev–Trinajstić information content (AvgIpc) is 3.34. The largest absolute Gasteiger partial charge is 0.338 e. The van der Waals surface area contributed by atoms with Gasteiger partial charge in [0.15, 0.2) is 11.0 Å². The Bertz CT molecular complexity index is 982. The molecule has 7 heteroatoms. The lowest BCUT2D eigenvalue weighted by Gasteiger charge is -2.06. The van der Waals surface area contributed by atoms with E-state index in [2.05, 4.69) is 31.8 Å². The molecule has 130 valence electrons. The molecule has 0 atom stereocenters. The second kappa shape index (κ2) is 7.53. The Morgan fingerprint density at radius 3 is 2.31 bits per heavy atom. The molecule has 0 saturated heterocycles. The summed E-state index contributed by atoms with van der Waals surface area (Å²) in [5, 5.41) is 13.6. The van der Waals surface area contributed by atoms with E-state index in [1.54, 1.807) is 11.8 Å². The minimum Gasteiger partial charge on any atom is -0.338 e. The smallest absolute Gasteiger partial charge is 0.237 e. The number of rotatable bonds is 6. The molecule has 0 saturated carbocycles. The Hall–Kier alpha value is -2.93. The van der Waals surface area contributed by atoms with Crippen LogP contribution in [0.15, 0.2) is 70.3 Å². The second-order valence-electron chi connectivity index (χ2n) is 5.58. The molecule has 0 amide bonds. The summed E-state index contributed by atoms with van der Waals surface area (Å²) >= 11 is 1.54. The van der Waals surface area contributed by atoms with Crippen molar-refractivity contribution in [2.75, 3.05) is 0 Å². The van der Waals surface area contributed by atoms with E-state index >= 15 is 0 Å². The van der Waals surface area contributed by atoms with Crippen LogP contribution in [0, 0.1) is 0 Å². The molecule has 0 N–H and O–H groups in total. The van der Waals surface area contributed by atoms with Crippen LogP contribution >= 0.6 is 11.8 Å². The van der Waals surface area contributed by atoms with E-state index in [0.717, 1.165) is 28.7 Å². The predicted octanol–water partition coefficient (Wildman–Crippen LogP) is 4.31. The van der Waals surface area contributed by atoms with Gasteiger partial charge in [-0.05, 0) is 6.92 Å². The SMILES string of the molecule is CCn1c(SCc2nc(-c3ccccc3)no2)nnc1-c1ccccc1. The van der Waals surface area contributed by atoms with E-state index in [4.69, 9.17) is 4.52 Å². The molecule has 2 heterocycles. The topological polar surface area (TPSA) is 69.6 Å². The van der Waals surface area contributed by atoms with Gasteiger partial charge < -0.3 is 9.09 Å². The minimum absolute atomic E-state index is 0.548. The molecule has 0 unspecified atom stereocenters. The van der Waals surface area contributed by atoms with Crippen molar-refractivity contribution in [3.05, 3.63) is 66.6 Å². The highest BCUT2D eigenvalue weighted by Crippen LogP contribution is 2.26. The molecule has 0 radical (unpaired) electrons. The minimum atomic E-state index is 0.548. The summed E-state index contributed by atoms with van der Waals surface area (Å²) in [6, 6.07) is 19.9. The van der Waals surface area contributed by atoms with Crippen LogP contribution in [0.4, 0.5) is 0 Å². The van der Waals surface area contributed by atoms with E-state index in [-0.39, 0.29) is 0 Å². The first-order valence-corrected chi connectivity index (χ1v) is 9.33. The Balaban J connectivity index is 1.50. The molecule has 0 aliphatic carbocycles. The van der Waals surface area contributed by atoms with Crippen molar-refractivity contribution in [2.45, 2.75) is 24.4 Å². The third kappa shape index (κ3) is 3.39. The Morgan fingerprint density at radius 1 is 0.923 bits per heavy atom. The lowest BCUT2D eigenvalue weighted by Crippen LogP contribution is -1.99. The first kappa shape index (κ1) is 16.5. The molecular weight excluding hydrogens is 346 g/mol. The maximum atomic E-state index is 5.37. The summed E-state index contributed by atoms with van der Waals surface area (Å²) < 4.78 is 7.46. The van der Waals surface area contributed by atoms with E-state index < -0.39 is 0 Å². The van der Waals surface area contributed by atoms with Gasteiger partial charge in [0.1, 0.15) is 0 Å². The highest BCUT2D eigenvalue weighted by atomic mass is 32.2. The van der Waals surface area contributed by atoms with E-state index in [9.17, 15) is 0 Å². The summed E-state index contributed by atoms with van der Waals surface area (Å²) in [5.41, 5.74) is 1.99. The Labute approximate surface area is 155 Å². The van der Waals surface area contributed by atoms with Gasteiger partial charge in [0.25, 0.3) is 0 Å². The number of hydrogen-bond donors (Lipinski definition) is 0. The molecule has 4 aromatic rings.